The van der Waals surface area contributed by atoms with E-state index in [4.69, 9.17) is 0 Å². The van der Waals surface area contributed by atoms with Crippen molar-refractivity contribution in [2.45, 2.75) is 23.0 Å². The zero-order chi connectivity index (χ0) is 16.7. The fourth-order valence-corrected chi connectivity index (χ4v) is 5.26. The van der Waals surface area contributed by atoms with Crippen molar-refractivity contribution in [3.63, 3.8) is 0 Å². The van der Waals surface area contributed by atoms with E-state index in [2.05, 4.69) is 0 Å². The molecule has 2 atom stereocenters. The summed E-state index contributed by atoms with van der Waals surface area (Å²) in [5.74, 6) is -0.622. The summed E-state index contributed by atoms with van der Waals surface area (Å²) < 4.78 is 25.8. The van der Waals surface area contributed by atoms with Gasteiger partial charge in [0.15, 0.2) is 15.3 Å². The Hall–Kier alpha value is -2.63. The van der Waals surface area contributed by atoms with Crippen molar-refractivity contribution in [2.75, 3.05) is 0 Å². The quantitative estimate of drug-likeness (QED) is 0.870. The molecular formula is C18H14N2O2S. The number of aryl methyl sites for hydroxylation is 1. The Labute approximate surface area is 135 Å². The lowest BCUT2D eigenvalue weighted by molar-refractivity contribution is 0.591. The maximum Gasteiger partial charge on any atom is 0.184 e. The molecule has 2 aromatic rings. The first kappa shape index (κ1) is 15.3. The topological polar surface area (TPSA) is 81.7 Å². The van der Waals surface area contributed by atoms with Crippen LogP contribution < -0.4 is 0 Å². The van der Waals surface area contributed by atoms with Crippen LogP contribution in [0.2, 0.25) is 0 Å². The standard InChI is InChI=1S/C18H14N2O2S/c1-13-7-9-14(10-8-13)16-17(18(16,11-19)12-20)23(21,22)15-5-3-2-4-6-15/h2-10,16-17H,1H3. The van der Waals surface area contributed by atoms with Gasteiger partial charge in [-0.25, -0.2) is 8.42 Å². The molecule has 1 saturated carbocycles. The highest BCUT2D eigenvalue weighted by Gasteiger charge is 2.73. The largest absolute Gasteiger partial charge is 0.223 e. The van der Waals surface area contributed by atoms with Crippen molar-refractivity contribution in [3.8, 4) is 12.1 Å². The highest BCUT2D eigenvalue weighted by atomic mass is 32.2. The van der Waals surface area contributed by atoms with Crippen LogP contribution in [-0.2, 0) is 9.84 Å². The molecule has 2 aromatic carbocycles. The second kappa shape index (κ2) is 5.22. The average Bonchev–Trinajstić information content (AvgIpc) is 3.27. The smallest absolute Gasteiger partial charge is 0.184 e. The van der Waals surface area contributed by atoms with Gasteiger partial charge in [-0.15, -0.1) is 0 Å². The summed E-state index contributed by atoms with van der Waals surface area (Å²) in [6.45, 7) is 1.93. The Morgan fingerprint density at radius 2 is 1.52 bits per heavy atom. The van der Waals surface area contributed by atoms with E-state index < -0.39 is 26.4 Å². The molecule has 1 aliphatic rings. The lowest BCUT2D eigenvalue weighted by atomic mass is 10.0. The zero-order valence-corrected chi connectivity index (χ0v) is 13.3. The Bertz CT molecular complexity index is 906. The van der Waals surface area contributed by atoms with Crippen LogP contribution in [0, 0.1) is 35.0 Å². The lowest BCUT2D eigenvalue weighted by Gasteiger charge is -2.03. The SMILES string of the molecule is Cc1ccc(C2C(S(=O)(=O)c3ccccc3)C2(C#N)C#N)cc1. The number of sulfone groups is 1. The first-order valence-corrected chi connectivity index (χ1v) is 8.70. The molecule has 23 heavy (non-hydrogen) atoms. The Kier molecular flexibility index (Phi) is 3.47. The molecule has 1 aliphatic carbocycles. The zero-order valence-electron chi connectivity index (χ0n) is 12.5. The molecule has 4 nitrogen and oxygen atoms in total. The van der Waals surface area contributed by atoms with Gasteiger partial charge >= 0.3 is 0 Å². The number of hydrogen-bond acceptors (Lipinski definition) is 4. The van der Waals surface area contributed by atoms with Gasteiger partial charge < -0.3 is 0 Å². The van der Waals surface area contributed by atoms with Crippen molar-refractivity contribution >= 4 is 9.84 Å². The van der Waals surface area contributed by atoms with E-state index in [1.807, 2.05) is 31.2 Å². The normalized spacial score (nSPS) is 21.9. The first-order valence-electron chi connectivity index (χ1n) is 7.15. The van der Waals surface area contributed by atoms with Gasteiger partial charge in [-0.3, -0.25) is 0 Å². The van der Waals surface area contributed by atoms with Gasteiger partial charge in [0.25, 0.3) is 0 Å². The van der Waals surface area contributed by atoms with E-state index in [-0.39, 0.29) is 4.90 Å². The fraction of sp³-hybridized carbons (Fsp3) is 0.222. The third-order valence-electron chi connectivity index (χ3n) is 4.35. The molecule has 0 N–H and O–H groups in total. The van der Waals surface area contributed by atoms with Crippen LogP contribution in [0.3, 0.4) is 0 Å². The minimum atomic E-state index is -3.75. The van der Waals surface area contributed by atoms with E-state index in [0.717, 1.165) is 5.56 Å². The predicted molar refractivity (Wildman–Crippen MR) is 85.0 cm³/mol. The first-order chi connectivity index (χ1) is 11.0. The van der Waals surface area contributed by atoms with Gasteiger partial charge in [0.2, 0.25) is 0 Å². The lowest BCUT2D eigenvalue weighted by Crippen LogP contribution is -2.14. The molecule has 3 rings (SSSR count). The Balaban J connectivity index is 2.10. The summed E-state index contributed by atoms with van der Waals surface area (Å²) in [7, 11) is -3.75. The second-order valence-corrected chi connectivity index (χ2v) is 7.83. The van der Waals surface area contributed by atoms with Crippen LogP contribution >= 0.6 is 0 Å². The van der Waals surface area contributed by atoms with Crippen LogP contribution in [0.1, 0.15) is 17.0 Å². The average molecular weight is 322 g/mol. The molecule has 5 heteroatoms. The molecule has 0 aromatic heterocycles. The number of nitrogens with zero attached hydrogens (tertiary/aromatic N) is 2. The van der Waals surface area contributed by atoms with Crippen LogP contribution in [0.4, 0.5) is 0 Å². The van der Waals surface area contributed by atoms with Crippen LogP contribution in [-0.4, -0.2) is 13.7 Å². The third kappa shape index (κ3) is 2.21. The fourth-order valence-electron chi connectivity index (χ4n) is 3.04. The predicted octanol–water partition coefficient (Wildman–Crippen LogP) is 2.97. The van der Waals surface area contributed by atoms with E-state index in [0.29, 0.717) is 5.56 Å². The molecule has 0 spiro atoms. The van der Waals surface area contributed by atoms with Gasteiger partial charge in [0, 0.05) is 5.92 Å². The molecule has 0 aliphatic heterocycles. The van der Waals surface area contributed by atoms with Crippen molar-refractivity contribution in [1.29, 1.82) is 10.5 Å². The number of nitriles is 2. The molecule has 2 unspecified atom stereocenters. The van der Waals surface area contributed by atoms with Crippen molar-refractivity contribution in [1.82, 2.24) is 0 Å². The van der Waals surface area contributed by atoms with Crippen molar-refractivity contribution < 1.29 is 8.42 Å². The van der Waals surface area contributed by atoms with Gasteiger partial charge in [0.1, 0.15) is 5.25 Å². The monoisotopic (exact) mass is 322 g/mol. The molecule has 0 heterocycles. The highest BCUT2D eigenvalue weighted by Crippen LogP contribution is 2.63. The minimum absolute atomic E-state index is 0.148. The van der Waals surface area contributed by atoms with E-state index >= 15 is 0 Å². The summed E-state index contributed by atoms with van der Waals surface area (Å²) >= 11 is 0. The number of rotatable bonds is 3. The summed E-state index contributed by atoms with van der Waals surface area (Å²) in [4.78, 5) is 0.148. The van der Waals surface area contributed by atoms with Gasteiger partial charge in [-0.05, 0) is 24.6 Å². The molecule has 1 fully saturated rings. The van der Waals surface area contributed by atoms with Gasteiger partial charge in [-0.1, -0.05) is 48.0 Å². The minimum Gasteiger partial charge on any atom is -0.223 e. The third-order valence-corrected chi connectivity index (χ3v) is 6.59. The molecular weight excluding hydrogens is 308 g/mol. The van der Waals surface area contributed by atoms with E-state index in [1.54, 1.807) is 30.3 Å². The maximum atomic E-state index is 12.9. The number of benzene rings is 2. The molecule has 0 bridgehead atoms. The van der Waals surface area contributed by atoms with Crippen molar-refractivity contribution in [2.24, 2.45) is 5.41 Å². The Morgan fingerprint density at radius 1 is 0.957 bits per heavy atom. The van der Waals surface area contributed by atoms with Crippen LogP contribution in [0.15, 0.2) is 59.5 Å². The van der Waals surface area contributed by atoms with Gasteiger partial charge in [-0.2, -0.15) is 10.5 Å². The Morgan fingerprint density at radius 3 is 2.04 bits per heavy atom. The van der Waals surface area contributed by atoms with Crippen LogP contribution in [0.25, 0.3) is 0 Å². The summed E-state index contributed by atoms with van der Waals surface area (Å²) in [6.07, 6.45) is 0. The second-order valence-electron chi connectivity index (χ2n) is 5.76. The van der Waals surface area contributed by atoms with Gasteiger partial charge in [0.05, 0.1) is 17.0 Å². The summed E-state index contributed by atoms with van der Waals surface area (Å²) in [5.41, 5.74) is 0.226. The van der Waals surface area contributed by atoms with Crippen molar-refractivity contribution in [3.05, 3.63) is 65.7 Å². The van der Waals surface area contributed by atoms with E-state index in [9.17, 15) is 18.9 Å². The number of hydrogen-bond donors (Lipinski definition) is 0. The highest BCUT2D eigenvalue weighted by molar-refractivity contribution is 7.92. The molecule has 0 amide bonds. The van der Waals surface area contributed by atoms with E-state index in [1.165, 1.54) is 12.1 Å². The maximum absolute atomic E-state index is 12.9. The molecule has 0 saturated heterocycles. The summed E-state index contributed by atoms with van der Waals surface area (Å²) in [5, 5.41) is 17.9. The summed E-state index contributed by atoms with van der Waals surface area (Å²) in [6, 6.07) is 19.2. The molecule has 0 radical (unpaired) electrons. The molecule has 114 valence electrons. The van der Waals surface area contributed by atoms with Crippen LogP contribution in [0.5, 0.6) is 0 Å².